The van der Waals surface area contributed by atoms with Crippen LogP contribution in [0.4, 0.5) is 4.39 Å². The molecule has 2 atom stereocenters. The number of halogens is 2. The second kappa shape index (κ2) is 5.39. The van der Waals surface area contributed by atoms with Crippen molar-refractivity contribution in [3.63, 3.8) is 0 Å². The summed E-state index contributed by atoms with van der Waals surface area (Å²) in [7, 11) is 0. The van der Waals surface area contributed by atoms with E-state index in [0.29, 0.717) is 4.47 Å². The molecule has 0 saturated carbocycles. The second-order valence-corrected chi connectivity index (χ2v) is 5.66. The van der Waals surface area contributed by atoms with Crippen LogP contribution in [0.3, 0.4) is 0 Å². The van der Waals surface area contributed by atoms with Crippen LogP contribution in [0, 0.1) is 5.82 Å². The standard InChI is InChI=1S/C14H17BrFNO/c1-3-10-8-7-9(2)17(10)14(18)11-5-4-6-12(15)13(11)16/h4-6,9-10H,3,7-8H2,1-2H3. The summed E-state index contributed by atoms with van der Waals surface area (Å²) in [6.07, 6.45) is 2.94. The van der Waals surface area contributed by atoms with Crippen LogP contribution in [0.5, 0.6) is 0 Å². The average molecular weight is 314 g/mol. The third-order valence-electron chi connectivity index (χ3n) is 3.67. The summed E-state index contributed by atoms with van der Waals surface area (Å²) in [5.74, 6) is -0.651. The highest BCUT2D eigenvalue weighted by molar-refractivity contribution is 9.10. The van der Waals surface area contributed by atoms with E-state index in [0.717, 1.165) is 19.3 Å². The molecular weight excluding hydrogens is 297 g/mol. The maximum Gasteiger partial charge on any atom is 0.257 e. The molecule has 4 heteroatoms. The Morgan fingerprint density at radius 3 is 2.89 bits per heavy atom. The van der Waals surface area contributed by atoms with E-state index in [-0.39, 0.29) is 23.6 Å². The highest BCUT2D eigenvalue weighted by Gasteiger charge is 2.34. The Morgan fingerprint density at radius 2 is 2.22 bits per heavy atom. The fourth-order valence-corrected chi connectivity index (χ4v) is 3.01. The van der Waals surface area contributed by atoms with Crippen molar-refractivity contribution >= 4 is 21.8 Å². The highest BCUT2D eigenvalue weighted by Crippen LogP contribution is 2.29. The SMILES string of the molecule is CCC1CCC(C)N1C(=O)c1cccc(Br)c1F. The summed E-state index contributed by atoms with van der Waals surface area (Å²) >= 11 is 3.12. The van der Waals surface area contributed by atoms with Crippen LogP contribution >= 0.6 is 15.9 Å². The summed E-state index contributed by atoms with van der Waals surface area (Å²) in [5, 5.41) is 0. The molecular formula is C14H17BrFNO. The molecule has 1 aromatic carbocycles. The van der Waals surface area contributed by atoms with Gasteiger partial charge in [0.2, 0.25) is 0 Å². The number of hydrogen-bond acceptors (Lipinski definition) is 1. The van der Waals surface area contributed by atoms with Gasteiger partial charge in [0.15, 0.2) is 0 Å². The minimum Gasteiger partial charge on any atom is -0.333 e. The first kappa shape index (κ1) is 13.5. The summed E-state index contributed by atoms with van der Waals surface area (Å²) < 4.78 is 14.3. The van der Waals surface area contributed by atoms with Gasteiger partial charge in [-0.3, -0.25) is 4.79 Å². The van der Waals surface area contributed by atoms with Crippen molar-refractivity contribution in [1.29, 1.82) is 0 Å². The largest absolute Gasteiger partial charge is 0.333 e. The fraction of sp³-hybridized carbons (Fsp3) is 0.500. The Bertz CT molecular complexity index is 463. The van der Waals surface area contributed by atoms with E-state index in [2.05, 4.69) is 22.9 Å². The average Bonchev–Trinajstić information content (AvgIpc) is 2.73. The lowest BCUT2D eigenvalue weighted by Crippen LogP contribution is -2.40. The molecule has 0 N–H and O–H groups in total. The molecule has 0 bridgehead atoms. The van der Waals surface area contributed by atoms with Gasteiger partial charge in [0.1, 0.15) is 5.82 Å². The number of rotatable bonds is 2. The zero-order chi connectivity index (χ0) is 13.3. The summed E-state index contributed by atoms with van der Waals surface area (Å²) in [6.45, 7) is 4.10. The second-order valence-electron chi connectivity index (χ2n) is 4.80. The van der Waals surface area contributed by atoms with Crippen LogP contribution < -0.4 is 0 Å². The number of nitrogens with zero attached hydrogens (tertiary/aromatic N) is 1. The third-order valence-corrected chi connectivity index (χ3v) is 4.29. The molecule has 1 aliphatic heterocycles. The van der Waals surface area contributed by atoms with Crippen LogP contribution in [0.2, 0.25) is 0 Å². The zero-order valence-electron chi connectivity index (χ0n) is 10.6. The lowest BCUT2D eigenvalue weighted by molar-refractivity contribution is 0.0671. The van der Waals surface area contributed by atoms with Gasteiger partial charge in [-0.2, -0.15) is 0 Å². The van der Waals surface area contributed by atoms with Crippen LogP contribution in [-0.2, 0) is 0 Å². The van der Waals surface area contributed by atoms with Crippen LogP contribution in [0.15, 0.2) is 22.7 Å². The predicted molar refractivity (Wildman–Crippen MR) is 73.0 cm³/mol. The monoisotopic (exact) mass is 313 g/mol. The molecule has 0 aromatic heterocycles. The normalized spacial score (nSPS) is 23.4. The first-order valence-corrected chi connectivity index (χ1v) is 7.12. The molecule has 98 valence electrons. The van der Waals surface area contributed by atoms with Gasteiger partial charge < -0.3 is 4.90 Å². The first-order chi connectivity index (χ1) is 8.56. The Balaban J connectivity index is 2.33. The van der Waals surface area contributed by atoms with Crippen molar-refractivity contribution in [2.24, 2.45) is 0 Å². The van der Waals surface area contributed by atoms with Crippen LogP contribution in [0.25, 0.3) is 0 Å². The first-order valence-electron chi connectivity index (χ1n) is 6.33. The quantitative estimate of drug-likeness (QED) is 0.808. The van der Waals surface area contributed by atoms with Crippen molar-refractivity contribution in [2.75, 3.05) is 0 Å². The molecule has 0 spiro atoms. The van der Waals surface area contributed by atoms with Crippen molar-refractivity contribution in [2.45, 2.75) is 45.2 Å². The van der Waals surface area contributed by atoms with Gasteiger partial charge >= 0.3 is 0 Å². The third kappa shape index (κ3) is 2.30. The van der Waals surface area contributed by atoms with E-state index in [9.17, 15) is 9.18 Å². The summed E-state index contributed by atoms with van der Waals surface area (Å²) in [5.41, 5.74) is 0.163. The van der Waals surface area contributed by atoms with Gasteiger partial charge in [-0.15, -0.1) is 0 Å². The summed E-state index contributed by atoms with van der Waals surface area (Å²) in [4.78, 5) is 14.3. The van der Waals surface area contributed by atoms with Gasteiger partial charge in [-0.25, -0.2) is 4.39 Å². The molecule has 18 heavy (non-hydrogen) atoms. The van der Waals surface area contributed by atoms with Crippen molar-refractivity contribution in [1.82, 2.24) is 4.90 Å². The number of amides is 1. The Hall–Kier alpha value is -0.900. The van der Waals surface area contributed by atoms with Crippen molar-refractivity contribution in [3.05, 3.63) is 34.1 Å². The Labute approximate surface area is 115 Å². The zero-order valence-corrected chi connectivity index (χ0v) is 12.2. The number of likely N-dealkylation sites (tertiary alicyclic amines) is 1. The highest BCUT2D eigenvalue weighted by atomic mass is 79.9. The summed E-state index contributed by atoms with van der Waals surface area (Å²) in [6, 6.07) is 5.30. The van der Waals surface area contributed by atoms with Crippen molar-refractivity contribution in [3.8, 4) is 0 Å². The molecule has 2 unspecified atom stereocenters. The van der Waals surface area contributed by atoms with E-state index >= 15 is 0 Å². The van der Waals surface area contributed by atoms with Crippen LogP contribution in [-0.4, -0.2) is 22.9 Å². The van der Waals surface area contributed by atoms with Gasteiger partial charge in [0.05, 0.1) is 10.0 Å². The maximum atomic E-state index is 14.0. The number of carbonyl (C=O) groups is 1. The number of carbonyl (C=O) groups excluding carboxylic acids is 1. The molecule has 0 aliphatic carbocycles. The Morgan fingerprint density at radius 1 is 1.50 bits per heavy atom. The molecule has 0 radical (unpaired) electrons. The molecule has 2 nitrogen and oxygen atoms in total. The van der Waals surface area contributed by atoms with E-state index in [1.54, 1.807) is 18.2 Å². The number of benzene rings is 1. The molecule has 1 aliphatic rings. The maximum absolute atomic E-state index is 14.0. The van der Waals surface area contributed by atoms with Gasteiger partial charge in [-0.1, -0.05) is 13.0 Å². The lowest BCUT2D eigenvalue weighted by atomic mass is 10.1. The predicted octanol–water partition coefficient (Wildman–Crippen LogP) is 3.99. The molecule has 1 fully saturated rings. The minimum absolute atomic E-state index is 0.163. The van der Waals surface area contributed by atoms with Gasteiger partial charge in [-0.05, 0) is 54.2 Å². The van der Waals surface area contributed by atoms with Gasteiger partial charge in [0.25, 0.3) is 5.91 Å². The number of hydrogen-bond donors (Lipinski definition) is 0. The van der Waals surface area contributed by atoms with Crippen molar-refractivity contribution < 1.29 is 9.18 Å². The van der Waals surface area contributed by atoms with E-state index in [4.69, 9.17) is 0 Å². The molecule has 2 rings (SSSR count). The lowest BCUT2D eigenvalue weighted by Gasteiger charge is -2.28. The Kier molecular flexibility index (Phi) is 4.05. The molecule has 1 heterocycles. The van der Waals surface area contributed by atoms with E-state index in [1.807, 2.05) is 11.8 Å². The van der Waals surface area contributed by atoms with Crippen LogP contribution in [0.1, 0.15) is 43.5 Å². The molecule has 1 aromatic rings. The minimum atomic E-state index is -0.462. The topological polar surface area (TPSA) is 20.3 Å². The van der Waals surface area contributed by atoms with E-state index in [1.165, 1.54) is 0 Å². The molecule has 1 saturated heterocycles. The van der Waals surface area contributed by atoms with Gasteiger partial charge in [0, 0.05) is 12.1 Å². The fourth-order valence-electron chi connectivity index (χ4n) is 2.65. The molecule has 1 amide bonds. The van der Waals surface area contributed by atoms with E-state index < -0.39 is 5.82 Å². The smallest absolute Gasteiger partial charge is 0.257 e.